The maximum atomic E-state index is 11.2. The maximum absolute atomic E-state index is 11.2. The van der Waals surface area contributed by atoms with Crippen LogP contribution in [0, 0.1) is 0 Å². The van der Waals surface area contributed by atoms with Gasteiger partial charge in [-0.3, -0.25) is 4.79 Å². The lowest BCUT2D eigenvalue weighted by molar-refractivity contribution is 0.0999. The number of benzene rings is 1. The predicted octanol–water partition coefficient (Wildman–Crippen LogP) is 2.13. The number of nitrogens with zero attached hydrogens (tertiary/aromatic N) is 1. The van der Waals surface area contributed by atoms with E-state index in [1.807, 2.05) is 19.2 Å². The van der Waals surface area contributed by atoms with E-state index in [4.69, 9.17) is 5.73 Å². The number of rotatable bonds is 4. The molecular weight excluding hydrogens is 306 g/mol. The summed E-state index contributed by atoms with van der Waals surface area (Å²) in [6.45, 7) is 2.05. The standard InChI is InChI=1S/C14H20BrN3O/c1-17-9-11-4-2-3-7-18(11)10-5-6-12(14(16)19)13(15)8-10/h5-6,8,11,17H,2-4,7,9H2,1H3,(H2,16,19). The second-order valence-electron chi connectivity index (χ2n) is 4.93. The zero-order valence-corrected chi connectivity index (χ0v) is 12.7. The number of anilines is 1. The summed E-state index contributed by atoms with van der Waals surface area (Å²) < 4.78 is 0.770. The minimum absolute atomic E-state index is 0.399. The van der Waals surface area contributed by atoms with Crippen molar-refractivity contribution in [3.05, 3.63) is 28.2 Å². The van der Waals surface area contributed by atoms with Crippen molar-refractivity contribution in [2.45, 2.75) is 25.3 Å². The number of nitrogens with two attached hydrogens (primary N) is 1. The minimum atomic E-state index is -0.399. The van der Waals surface area contributed by atoms with E-state index in [2.05, 4.69) is 26.1 Å². The number of nitrogens with one attached hydrogen (secondary N) is 1. The van der Waals surface area contributed by atoms with E-state index in [1.165, 1.54) is 19.3 Å². The molecule has 104 valence electrons. The summed E-state index contributed by atoms with van der Waals surface area (Å²) >= 11 is 3.43. The summed E-state index contributed by atoms with van der Waals surface area (Å²) in [5.74, 6) is -0.399. The Kier molecular flexibility index (Phi) is 4.82. The molecule has 0 aromatic heterocycles. The monoisotopic (exact) mass is 325 g/mol. The Morgan fingerprint density at radius 2 is 2.32 bits per heavy atom. The van der Waals surface area contributed by atoms with Crippen LogP contribution in [-0.4, -0.2) is 32.1 Å². The third kappa shape index (κ3) is 3.28. The summed E-state index contributed by atoms with van der Waals surface area (Å²) in [6, 6.07) is 6.30. The van der Waals surface area contributed by atoms with Crippen molar-refractivity contribution in [3.8, 4) is 0 Å². The number of piperidine rings is 1. The molecule has 1 aromatic carbocycles. The molecule has 0 saturated carbocycles. The van der Waals surface area contributed by atoms with Crippen molar-refractivity contribution in [1.29, 1.82) is 0 Å². The number of likely N-dealkylation sites (N-methyl/N-ethyl adjacent to an activating group) is 1. The van der Waals surface area contributed by atoms with Crippen LogP contribution in [0.2, 0.25) is 0 Å². The Morgan fingerprint density at radius 1 is 1.53 bits per heavy atom. The normalized spacial score (nSPS) is 19.5. The van der Waals surface area contributed by atoms with E-state index in [9.17, 15) is 4.79 Å². The average molecular weight is 326 g/mol. The van der Waals surface area contributed by atoms with E-state index >= 15 is 0 Å². The Hall–Kier alpha value is -1.07. The Bertz CT molecular complexity index is 462. The lowest BCUT2D eigenvalue weighted by Crippen LogP contribution is -2.45. The van der Waals surface area contributed by atoms with Crippen molar-refractivity contribution in [2.24, 2.45) is 5.73 Å². The molecule has 1 aromatic rings. The first kappa shape index (κ1) is 14.3. The first-order valence-corrected chi connectivity index (χ1v) is 7.43. The summed E-state index contributed by atoms with van der Waals surface area (Å²) in [7, 11) is 1.99. The number of primary amides is 1. The molecule has 0 spiro atoms. The van der Waals surface area contributed by atoms with Gasteiger partial charge in [0.1, 0.15) is 0 Å². The van der Waals surface area contributed by atoms with Gasteiger partial charge in [-0.2, -0.15) is 0 Å². The number of hydrogen-bond donors (Lipinski definition) is 2. The fraction of sp³-hybridized carbons (Fsp3) is 0.500. The van der Waals surface area contributed by atoms with Gasteiger partial charge in [0.15, 0.2) is 0 Å². The number of carbonyl (C=O) groups excluding carboxylic acids is 1. The van der Waals surface area contributed by atoms with Crippen molar-refractivity contribution >= 4 is 27.5 Å². The van der Waals surface area contributed by atoms with Gasteiger partial charge in [0, 0.05) is 29.3 Å². The fourth-order valence-corrected chi connectivity index (χ4v) is 3.23. The topological polar surface area (TPSA) is 58.4 Å². The van der Waals surface area contributed by atoms with Gasteiger partial charge in [-0.1, -0.05) is 0 Å². The molecule has 1 amide bonds. The molecule has 1 saturated heterocycles. The van der Waals surface area contributed by atoms with Crippen LogP contribution in [0.25, 0.3) is 0 Å². The molecule has 3 N–H and O–H groups in total. The second kappa shape index (κ2) is 6.39. The molecule has 1 heterocycles. The van der Waals surface area contributed by atoms with Crippen LogP contribution < -0.4 is 16.0 Å². The molecule has 1 aliphatic rings. The van der Waals surface area contributed by atoms with Crippen LogP contribution in [0.15, 0.2) is 22.7 Å². The van der Waals surface area contributed by atoms with E-state index < -0.39 is 5.91 Å². The number of hydrogen-bond acceptors (Lipinski definition) is 3. The highest BCUT2D eigenvalue weighted by molar-refractivity contribution is 9.10. The van der Waals surface area contributed by atoms with Crippen molar-refractivity contribution in [3.63, 3.8) is 0 Å². The third-order valence-electron chi connectivity index (χ3n) is 3.62. The van der Waals surface area contributed by atoms with Crippen LogP contribution in [0.3, 0.4) is 0 Å². The number of halogens is 1. The van der Waals surface area contributed by atoms with E-state index in [0.29, 0.717) is 11.6 Å². The molecule has 0 bridgehead atoms. The quantitative estimate of drug-likeness (QED) is 0.891. The van der Waals surface area contributed by atoms with Crippen LogP contribution in [0.1, 0.15) is 29.6 Å². The van der Waals surface area contributed by atoms with Gasteiger partial charge in [-0.05, 0) is 60.4 Å². The van der Waals surface area contributed by atoms with Crippen LogP contribution in [0.4, 0.5) is 5.69 Å². The molecule has 19 heavy (non-hydrogen) atoms. The van der Waals surface area contributed by atoms with Gasteiger partial charge < -0.3 is 16.0 Å². The third-order valence-corrected chi connectivity index (χ3v) is 4.27. The minimum Gasteiger partial charge on any atom is -0.367 e. The number of amides is 1. The van der Waals surface area contributed by atoms with Crippen molar-refractivity contribution in [2.75, 3.05) is 25.0 Å². The van der Waals surface area contributed by atoms with Gasteiger partial charge in [0.25, 0.3) is 0 Å². The smallest absolute Gasteiger partial charge is 0.249 e. The fourth-order valence-electron chi connectivity index (χ4n) is 2.67. The Balaban J connectivity index is 2.24. The van der Waals surface area contributed by atoms with E-state index in [-0.39, 0.29) is 0 Å². The van der Waals surface area contributed by atoms with Gasteiger partial charge >= 0.3 is 0 Å². The molecule has 1 aliphatic heterocycles. The van der Waals surface area contributed by atoms with Gasteiger partial charge in [-0.15, -0.1) is 0 Å². The largest absolute Gasteiger partial charge is 0.367 e. The van der Waals surface area contributed by atoms with Crippen LogP contribution >= 0.6 is 15.9 Å². The summed E-state index contributed by atoms with van der Waals surface area (Å²) in [5.41, 5.74) is 7.01. The van der Waals surface area contributed by atoms with Crippen molar-refractivity contribution in [1.82, 2.24) is 5.32 Å². The SMILES string of the molecule is CNCC1CCCCN1c1ccc(C(N)=O)c(Br)c1. The maximum Gasteiger partial charge on any atom is 0.249 e. The Labute approximate surface area is 122 Å². The lowest BCUT2D eigenvalue weighted by atomic mass is 10.0. The summed E-state index contributed by atoms with van der Waals surface area (Å²) in [4.78, 5) is 13.7. The first-order chi connectivity index (χ1) is 9.13. The molecular formula is C14H20BrN3O. The van der Waals surface area contributed by atoms with E-state index in [1.54, 1.807) is 6.07 Å². The van der Waals surface area contributed by atoms with Crippen LogP contribution in [0.5, 0.6) is 0 Å². The lowest BCUT2D eigenvalue weighted by Gasteiger charge is -2.37. The summed E-state index contributed by atoms with van der Waals surface area (Å²) in [6.07, 6.45) is 3.70. The predicted molar refractivity (Wildman–Crippen MR) is 81.6 cm³/mol. The average Bonchev–Trinajstić information content (AvgIpc) is 2.39. The van der Waals surface area contributed by atoms with Gasteiger partial charge in [0.2, 0.25) is 5.91 Å². The molecule has 0 radical (unpaired) electrons. The molecule has 5 heteroatoms. The van der Waals surface area contributed by atoms with Crippen molar-refractivity contribution < 1.29 is 4.79 Å². The second-order valence-corrected chi connectivity index (χ2v) is 5.78. The highest BCUT2D eigenvalue weighted by Crippen LogP contribution is 2.28. The van der Waals surface area contributed by atoms with E-state index in [0.717, 1.165) is 23.2 Å². The molecule has 1 unspecified atom stereocenters. The first-order valence-electron chi connectivity index (χ1n) is 6.64. The Morgan fingerprint density at radius 3 is 2.95 bits per heavy atom. The molecule has 2 rings (SSSR count). The van der Waals surface area contributed by atoms with Gasteiger partial charge in [0.05, 0.1) is 5.56 Å². The molecule has 1 fully saturated rings. The zero-order chi connectivity index (χ0) is 13.8. The number of carbonyl (C=O) groups is 1. The highest BCUT2D eigenvalue weighted by atomic mass is 79.9. The van der Waals surface area contributed by atoms with Gasteiger partial charge in [-0.25, -0.2) is 0 Å². The highest BCUT2D eigenvalue weighted by Gasteiger charge is 2.22. The van der Waals surface area contributed by atoms with Crippen LogP contribution in [-0.2, 0) is 0 Å². The molecule has 0 aliphatic carbocycles. The molecule has 1 atom stereocenters. The summed E-state index contributed by atoms with van der Waals surface area (Å²) in [5, 5.41) is 3.25. The zero-order valence-electron chi connectivity index (χ0n) is 11.2. The molecule has 4 nitrogen and oxygen atoms in total.